The molecule has 0 aromatic heterocycles. The first-order valence-corrected chi connectivity index (χ1v) is 5.73. The molecule has 0 fully saturated rings. The van der Waals surface area contributed by atoms with E-state index in [1.54, 1.807) is 12.1 Å². The van der Waals surface area contributed by atoms with Crippen molar-refractivity contribution in [3.05, 3.63) is 64.2 Å². The standard InChI is InChI=1S/C13H9N3O5/c17-13(18)9-5-1-4-8-12(9)21-15-14-10-6-2-3-7-11(10)16(19)20/h1-8H,(H,17,18). The van der Waals surface area contributed by atoms with E-state index in [0.717, 1.165) is 0 Å². The molecule has 0 aliphatic rings. The Kier molecular flexibility index (Phi) is 4.20. The zero-order valence-electron chi connectivity index (χ0n) is 10.5. The Morgan fingerprint density at radius 1 is 1.14 bits per heavy atom. The van der Waals surface area contributed by atoms with Gasteiger partial charge >= 0.3 is 5.97 Å². The van der Waals surface area contributed by atoms with Crippen molar-refractivity contribution in [2.75, 3.05) is 0 Å². The summed E-state index contributed by atoms with van der Waals surface area (Å²) in [7, 11) is 0. The van der Waals surface area contributed by atoms with Crippen molar-refractivity contribution in [2.24, 2.45) is 10.4 Å². The first-order chi connectivity index (χ1) is 10.1. The summed E-state index contributed by atoms with van der Waals surface area (Å²) in [4.78, 5) is 26.0. The van der Waals surface area contributed by atoms with Crippen molar-refractivity contribution < 1.29 is 19.7 Å². The average Bonchev–Trinajstić information content (AvgIpc) is 2.48. The number of aromatic carboxylic acids is 1. The van der Waals surface area contributed by atoms with E-state index in [4.69, 9.17) is 9.94 Å². The smallest absolute Gasteiger partial charge is 0.339 e. The number of carboxylic acid groups (broad SMARTS) is 1. The second kappa shape index (κ2) is 6.24. The molecule has 0 unspecified atom stereocenters. The summed E-state index contributed by atoms with van der Waals surface area (Å²) in [5.41, 5.74) is -0.300. The maximum absolute atomic E-state index is 11.0. The Bertz CT molecular complexity index is 714. The van der Waals surface area contributed by atoms with Crippen molar-refractivity contribution >= 4 is 17.3 Å². The minimum absolute atomic E-state index is 0.00710. The number of carbonyl (C=O) groups is 1. The molecular formula is C13H9N3O5. The summed E-state index contributed by atoms with van der Waals surface area (Å²) in [6.45, 7) is 0. The SMILES string of the molecule is O=C(O)c1ccccc1ON=Nc1ccccc1[N+](=O)[O-]. The number of nitro groups is 1. The molecule has 8 heteroatoms. The second-order valence-electron chi connectivity index (χ2n) is 3.82. The number of nitrogens with zero attached hydrogens (tertiary/aromatic N) is 3. The molecule has 0 bridgehead atoms. The average molecular weight is 287 g/mol. The molecule has 0 saturated heterocycles. The highest BCUT2D eigenvalue weighted by atomic mass is 16.6. The van der Waals surface area contributed by atoms with E-state index in [1.807, 2.05) is 0 Å². The Morgan fingerprint density at radius 3 is 2.52 bits per heavy atom. The first-order valence-electron chi connectivity index (χ1n) is 5.73. The van der Waals surface area contributed by atoms with Gasteiger partial charge in [0.15, 0.2) is 11.4 Å². The van der Waals surface area contributed by atoms with Crippen LogP contribution in [0.2, 0.25) is 0 Å². The van der Waals surface area contributed by atoms with Gasteiger partial charge in [-0.05, 0) is 18.2 Å². The quantitative estimate of drug-likeness (QED) is 0.514. The van der Waals surface area contributed by atoms with E-state index in [-0.39, 0.29) is 22.7 Å². The van der Waals surface area contributed by atoms with Crippen molar-refractivity contribution in [1.29, 1.82) is 0 Å². The van der Waals surface area contributed by atoms with Gasteiger partial charge < -0.3 is 9.94 Å². The van der Waals surface area contributed by atoms with E-state index in [9.17, 15) is 14.9 Å². The predicted molar refractivity (Wildman–Crippen MR) is 71.6 cm³/mol. The van der Waals surface area contributed by atoms with Gasteiger partial charge in [0.2, 0.25) is 0 Å². The Balaban J connectivity index is 2.21. The molecule has 21 heavy (non-hydrogen) atoms. The molecule has 0 spiro atoms. The summed E-state index contributed by atoms with van der Waals surface area (Å²) < 4.78 is 0. The molecule has 0 heterocycles. The van der Waals surface area contributed by atoms with E-state index in [1.165, 1.54) is 36.4 Å². The normalized spacial score (nSPS) is 10.5. The number of para-hydroxylation sites is 2. The van der Waals surface area contributed by atoms with Crippen LogP contribution in [0.5, 0.6) is 5.75 Å². The van der Waals surface area contributed by atoms with Crippen LogP contribution in [0.3, 0.4) is 0 Å². The molecule has 0 saturated carbocycles. The van der Waals surface area contributed by atoms with Crippen molar-refractivity contribution in [3.63, 3.8) is 0 Å². The van der Waals surface area contributed by atoms with Crippen LogP contribution in [0.1, 0.15) is 10.4 Å². The third kappa shape index (κ3) is 3.38. The fourth-order valence-electron chi connectivity index (χ4n) is 1.53. The number of hydrogen-bond donors (Lipinski definition) is 1. The fraction of sp³-hybridized carbons (Fsp3) is 0. The van der Waals surface area contributed by atoms with E-state index < -0.39 is 10.9 Å². The minimum atomic E-state index is -1.17. The molecular weight excluding hydrogens is 278 g/mol. The summed E-state index contributed by atoms with van der Waals surface area (Å²) in [6.07, 6.45) is 0. The molecule has 1 N–H and O–H groups in total. The Morgan fingerprint density at radius 2 is 1.81 bits per heavy atom. The van der Waals surface area contributed by atoms with Crippen molar-refractivity contribution in [1.82, 2.24) is 0 Å². The monoisotopic (exact) mass is 287 g/mol. The lowest BCUT2D eigenvalue weighted by molar-refractivity contribution is -0.384. The van der Waals surface area contributed by atoms with Crippen LogP contribution < -0.4 is 4.84 Å². The van der Waals surface area contributed by atoms with Gasteiger partial charge in [0, 0.05) is 11.3 Å². The third-order valence-corrected chi connectivity index (χ3v) is 2.48. The van der Waals surface area contributed by atoms with E-state index in [0.29, 0.717) is 0 Å². The van der Waals surface area contributed by atoms with Gasteiger partial charge in [0.25, 0.3) is 5.69 Å². The van der Waals surface area contributed by atoms with Crippen molar-refractivity contribution in [3.8, 4) is 5.75 Å². The van der Waals surface area contributed by atoms with E-state index >= 15 is 0 Å². The number of carboxylic acids is 1. The highest BCUT2D eigenvalue weighted by Crippen LogP contribution is 2.27. The summed E-state index contributed by atoms with van der Waals surface area (Å²) in [5, 5.41) is 26.7. The molecule has 0 amide bonds. The van der Waals surface area contributed by atoms with Gasteiger partial charge in [0.05, 0.1) is 4.92 Å². The van der Waals surface area contributed by atoms with Crippen LogP contribution in [0, 0.1) is 10.1 Å². The maximum Gasteiger partial charge on any atom is 0.339 e. The van der Waals surface area contributed by atoms with Gasteiger partial charge in [-0.1, -0.05) is 24.3 Å². The topological polar surface area (TPSA) is 114 Å². The van der Waals surface area contributed by atoms with Crippen LogP contribution in [-0.2, 0) is 0 Å². The fourth-order valence-corrected chi connectivity index (χ4v) is 1.53. The number of rotatable bonds is 5. The highest BCUT2D eigenvalue weighted by molar-refractivity contribution is 5.90. The molecule has 0 aliphatic heterocycles. The van der Waals surface area contributed by atoms with E-state index in [2.05, 4.69) is 10.4 Å². The molecule has 2 rings (SSSR count). The van der Waals surface area contributed by atoms with Gasteiger partial charge in [-0.3, -0.25) is 10.1 Å². The van der Waals surface area contributed by atoms with Gasteiger partial charge in [-0.2, -0.15) is 0 Å². The second-order valence-corrected chi connectivity index (χ2v) is 3.82. The molecule has 0 radical (unpaired) electrons. The molecule has 2 aromatic rings. The van der Waals surface area contributed by atoms with Crippen LogP contribution in [0.15, 0.2) is 58.9 Å². The Hall–Kier alpha value is -3.29. The largest absolute Gasteiger partial charge is 0.478 e. The number of benzene rings is 2. The summed E-state index contributed by atoms with van der Waals surface area (Å²) >= 11 is 0. The zero-order chi connectivity index (χ0) is 15.2. The highest BCUT2D eigenvalue weighted by Gasteiger charge is 2.13. The lowest BCUT2D eigenvalue weighted by atomic mass is 10.2. The molecule has 8 nitrogen and oxygen atoms in total. The van der Waals surface area contributed by atoms with Crippen molar-refractivity contribution in [2.45, 2.75) is 0 Å². The van der Waals surface area contributed by atoms with Gasteiger partial charge in [-0.25, -0.2) is 4.79 Å². The van der Waals surface area contributed by atoms with Gasteiger partial charge in [-0.15, -0.1) is 5.11 Å². The first kappa shape index (κ1) is 14.1. The molecule has 0 aliphatic carbocycles. The van der Waals surface area contributed by atoms with Crippen LogP contribution in [0.25, 0.3) is 0 Å². The summed E-state index contributed by atoms with van der Waals surface area (Å²) in [6, 6.07) is 11.6. The zero-order valence-corrected chi connectivity index (χ0v) is 10.5. The lowest BCUT2D eigenvalue weighted by Crippen LogP contribution is -1.99. The van der Waals surface area contributed by atoms with Crippen LogP contribution in [0.4, 0.5) is 11.4 Å². The van der Waals surface area contributed by atoms with Crippen LogP contribution >= 0.6 is 0 Å². The maximum atomic E-state index is 11.0. The predicted octanol–water partition coefficient (Wildman–Crippen LogP) is 3.37. The Labute approximate surface area is 118 Å². The minimum Gasteiger partial charge on any atom is -0.478 e. The molecule has 0 atom stereocenters. The van der Waals surface area contributed by atoms with Gasteiger partial charge in [0.1, 0.15) is 5.56 Å². The third-order valence-electron chi connectivity index (χ3n) is 2.48. The number of nitro benzene ring substituents is 1. The molecule has 2 aromatic carbocycles. The lowest BCUT2D eigenvalue weighted by Gasteiger charge is -2.01. The molecule has 106 valence electrons. The van der Waals surface area contributed by atoms with Crippen LogP contribution in [-0.4, -0.2) is 16.0 Å². The number of hydrogen-bond acceptors (Lipinski definition) is 6. The summed E-state index contributed by atoms with van der Waals surface area (Å²) in [5.74, 6) is -1.18.